The van der Waals surface area contributed by atoms with Crippen LogP contribution in [-0.2, 0) is 23.0 Å². The molecule has 32 heavy (non-hydrogen) atoms. The molecule has 1 aromatic carbocycles. The van der Waals surface area contributed by atoms with E-state index >= 15 is 4.39 Å². The number of rotatable bonds is 5. The van der Waals surface area contributed by atoms with E-state index in [1.54, 1.807) is 23.6 Å². The number of fused-ring (bicyclic) bond motifs is 3. The van der Waals surface area contributed by atoms with Gasteiger partial charge in [0.05, 0.1) is 16.0 Å². The fourth-order valence-corrected chi connectivity index (χ4v) is 7.31. The molecule has 0 unspecified atom stereocenters. The molecule has 0 saturated heterocycles. The molecule has 1 saturated carbocycles. The molecule has 3 heterocycles. The van der Waals surface area contributed by atoms with Gasteiger partial charge in [-0.05, 0) is 79.8 Å². The van der Waals surface area contributed by atoms with Gasteiger partial charge in [0.15, 0.2) is 0 Å². The minimum atomic E-state index is -4.13. The summed E-state index contributed by atoms with van der Waals surface area (Å²) in [5.41, 5.74) is -0.152. The van der Waals surface area contributed by atoms with Crippen LogP contribution in [-0.4, -0.2) is 26.3 Å². The fraction of sp³-hybridized carbons (Fsp3) is 0.364. The summed E-state index contributed by atoms with van der Waals surface area (Å²) < 4.78 is 45.7. The Balaban J connectivity index is 1.99. The van der Waals surface area contributed by atoms with Crippen molar-refractivity contribution >= 4 is 43.6 Å². The second-order valence-corrected chi connectivity index (χ2v) is 11.9. The van der Waals surface area contributed by atoms with Crippen LogP contribution in [0.2, 0.25) is 0 Å². The van der Waals surface area contributed by atoms with Gasteiger partial charge in [-0.3, -0.25) is 9.36 Å². The number of halogens is 2. The van der Waals surface area contributed by atoms with Crippen LogP contribution < -0.4 is 11.2 Å². The molecule has 0 bridgehead atoms. The summed E-state index contributed by atoms with van der Waals surface area (Å²) in [6.07, 6.45) is 3.75. The average molecular weight is 569 g/mol. The monoisotopic (exact) mass is 569 g/mol. The number of aryl methyl sites for hydroxylation is 2. The minimum Gasteiger partial charge on any atom is -0.310 e. The third kappa shape index (κ3) is 2.77. The number of pyridine rings is 1. The number of hydrogen-bond acceptors (Lipinski definition) is 4. The Labute approximate surface area is 197 Å². The normalized spacial score (nSPS) is 17.0. The largest absolute Gasteiger partial charge is 0.347 e. The lowest BCUT2D eigenvalue weighted by molar-refractivity contribution is 0.565. The van der Waals surface area contributed by atoms with Gasteiger partial charge >= 0.3 is 5.69 Å². The maximum absolute atomic E-state index is 15.0. The maximum atomic E-state index is 15.0. The van der Waals surface area contributed by atoms with Gasteiger partial charge in [0.25, 0.3) is 5.56 Å². The van der Waals surface area contributed by atoms with Crippen molar-refractivity contribution in [3.8, 4) is 5.69 Å². The zero-order valence-corrected chi connectivity index (χ0v) is 20.4. The van der Waals surface area contributed by atoms with E-state index in [9.17, 15) is 18.0 Å². The van der Waals surface area contributed by atoms with E-state index in [2.05, 4.69) is 6.58 Å². The Morgan fingerprint density at radius 1 is 1.25 bits per heavy atom. The number of imidazole rings is 1. The number of nitrogens with zero attached hydrogens (tertiary/aromatic N) is 3. The van der Waals surface area contributed by atoms with E-state index in [1.807, 2.05) is 22.6 Å². The maximum Gasteiger partial charge on any atom is 0.347 e. The lowest BCUT2D eigenvalue weighted by atomic mass is 10.2. The SMILES string of the molecule is C=CCC1(S(=O)(=O)n2c(=O)n(-c3ccc(I)cc3F)c3c(C)c(=O)n4c(c32)CCC4)CC1. The molecule has 1 aliphatic carbocycles. The van der Waals surface area contributed by atoms with Gasteiger partial charge < -0.3 is 4.57 Å². The molecule has 0 atom stereocenters. The van der Waals surface area contributed by atoms with Crippen molar-refractivity contribution in [1.82, 2.24) is 13.1 Å². The van der Waals surface area contributed by atoms with E-state index in [1.165, 1.54) is 12.1 Å². The number of aromatic nitrogens is 3. The van der Waals surface area contributed by atoms with E-state index in [0.29, 0.717) is 41.5 Å². The third-order valence-electron chi connectivity index (χ3n) is 6.59. The van der Waals surface area contributed by atoms with Crippen molar-refractivity contribution in [2.24, 2.45) is 0 Å². The third-order valence-corrected chi connectivity index (χ3v) is 9.75. The second kappa shape index (κ2) is 7.14. The van der Waals surface area contributed by atoms with Crippen LogP contribution in [0.25, 0.3) is 16.7 Å². The first-order valence-electron chi connectivity index (χ1n) is 10.4. The van der Waals surface area contributed by atoms with Crippen LogP contribution in [0.15, 0.2) is 40.4 Å². The first-order valence-corrected chi connectivity index (χ1v) is 12.9. The number of allylic oxidation sites excluding steroid dienone is 1. The summed E-state index contributed by atoms with van der Waals surface area (Å²) in [5.74, 6) is -0.664. The van der Waals surface area contributed by atoms with Crippen molar-refractivity contribution in [3.05, 3.63) is 72.3 Å². The predicted octanol–water partition coefficient (Wildman–Crippen LogP) is 3.24. The summed E-state index contributed by atoms with van der Waals surface area (Å²) in [4.78, 5) is 26.8. The summed E-state index contributed by atoms with van der Waals surface area (Å²) in [5, 5.41) is 0. The molecule has 1 fully saturated rings. The van der Waals surface area contributed by atoms with E-state index in [-0.39, 0.29) is 34.3 Å². The van der Waals surface area contributed by atoms with Gasteiger partial charge in [0.1, 0.15) is 11.3 Å². The van der Waals surface area contributed by atoms with Gasteiger partial charge in [-0.1, -0.05) is 6.08 Å². The topological polar surface area (TPSA) is 83.1 Å². The van der Waals surface area contributed by atoms with Crippen molar-refractivity contribution in [1.29, 1.82) is 0 Å². The lowest BCUT2D eigenvalue weighted by Crippen LogP contribution is -2.37. The van der Waals surface area contributed by atoms with E-state index in [4.69, 9.17) is 0 Å². The van der Waals surface area contributed by atoms with Gasteiger partial charge in [-0.2, -0.15) is 3.97 Å². The van der Waals surface area contributed by atoms with Crippen LogP contribution in [0.3, 0.4) is 0 Å². The van der Waals surface area contributed by atoms with Crippen LogP contribution in [0.4, 0.5) is 4.39 Å². The fourth-order valence-electron chi connectivity index (χ4n) is 4.80. The molecule has 0 amide bonds. The molecule has 10 heteroatoms. The van der Waals surface area contributed by atoms with Crippen LogP contribution in [0.1, 0.15) is 36.9 Å². The molecule has 0 spiro atoms. The molecule has 0 N–H and O–H groups in total. The zero-order chi connectivity index (χ0) is 23.0. The molecule has 2 aliphatic rings. The molecular weight excluding hydrogens is 548 g/mol. The molecule has 2 aromatic heterocycles. The quantitative estimate of drug-likeness (QED) is 0.349. The molecular formula is C22H21FIN3O4S. The smallest absolute Gasteiger partial charge is 0.310 e. The average Bonchev–Trinajstić information content (AvgIpc) is 3.25. The summed E-state index contributed by atoms with van der Waals surface area (Å²) >= 11 is 1.96. The highest BCUT2D eigenvalue weighted by atomic mass is 127. The molecule has 1 aliphatic heterocycles. The van der Waals surface area contributed by atoms with Gasteiger partial charge in [0.2, 0.25) is 10.0 Å². The Bertz CT molecular complexity index is 1540. The highest BCUT2D eigenvalue weighted by molar-refractivity contribution is 14.1. The first kappa shape index (κ1) is 21.6. The highest BCUT2D eigenvalue weighted by Crippen LogP contribution is 2.48. The van der Waals surface area contributed by atoms with Crippen molar-refractivity contribution < 1.29 is 12.8 Å². The Kier molecular flexibility index (Phi) is 4.83. The van der Waals surface area contributed by atoms with Crippen molar-refractivity contribution in [2.45, 2.75) is 50.3 Å². The molecule has 0 radical (unpaired) electrons. The number of hydrogen-bond donors (Lipinski definition) is 0. The lowest BCUT2D eigenvalue weighted by Gasteiger charge is -2.16. The minimum absolute atomic E-state index is 0.0756. The van der Waals surface area contributed by atoms with Crippen LogP contribution in [0.5, 0.6) is 0 Å². The highest BCUT2D eigenvalue weighted by Gasteiger charge is 2.56. The van der Waals surface area contributed by atoms with Gasteiger partial charge in [0, 0.05) is 21.4 Å². The molecule has 7 nitrogen and oxygen atoms in total. The zero-order valence-electron chi connectivity index (χ0n) is 17.4. The van der Waals surface area contributed by atoms with Gasteiger partial charge in [-0.15, -0.1) is 6.58 Å². The number of benzene rings is 1. The Morgan fingerprint density at radius 2 is 1.97 bits per heavy atom. The first-order chi connectivity index (χ1) is 15.1. The van der Waals surface area contributed by atoms with Crippen LogP contribution >= 0.6 is 22.6 Å². The van der Waals surface area contributed by atoms with Gasteiger partial charge in [-0.25, -0.2) is 17.6 Å². The van der Waals surface area contributed by atoms with E-state index < -0.39 is 26.3 Å². The van der Waals surface area contributed by atoms with E-state index in [0.717, 1.165) is 8.54 Å². The second-order valence-electron chi connectivity index (χ2n) is 8.49. The summed E-state index contributed by atoms with van der Waals surface area (Å²) in [7, 11) is -4.13. The van der Waals surface area contributed by atoms with Crippen LogP contribution in [0, 0.1) is 16.3 Å². The Hall–Kier alpha value is -2.21. The molecule has 3 aromatic rings. The summed E-state index contributed by atoms with van der Waals surface area (Å²) in [6, 6.07) is 4.35. The molecule has 168 valence electrons. The Morgan fingerprint density at radius 3 is 2.59 bits per heavy atom. The standard InChI is InChI=1S/C22H21FIN3O4S/c1-3-8-22(9-10-22)32(30,31)27-19-17-5-4-11-25(17)20(28)13(2)18(19)26(21(27)29)16-7-6-14(24)12-15(16)23/h3,6-7,12H,1,4-5,8-11H2,2H3. The summed E-state index contributed by atoms with van der Waals surface area (Å²) in [6.45, 7) is 5.70. The molecule has 5 rings (SSSR count). The predicted molar refractivity (Wildman–Crippen MR) is 129 cm³/mol. The van der Waals surface area contributed by atoms with Crippen molar-refractivity contribution in [2.75, 3.05) is 0 Å². The van der Waals surface area contributed by atoms with Crippen molar-refractivity contribution in [3.63, 3.8) is 0 Å².